The van der Waals surface area contributed by atoms with Crippen molar-refractivity contribution in [2.45, 2.75) is 33.1 Å². The second-order valence-corrected chi connectivity index (χ2v) is 16.5. The molecule has 4 aromatic carbocycles. The molecule has 0 amide bonds. The van der Waals surface area contributed by atoms with E-state index in [2.05, 4.69) is 157 Å². The number of aromatic nitrogens is 2. The van der Waals surface area contributed by atoms with Crippen molar-refractivity contribution in [2.24, 2.45) is 0 Å². The predicted octanol–water partition coefficient (Wildman–Crippen LogP) is 10.6. The summed E-state index contributed by atoms with van der Waals surface area (Å²) in [5.41, 5.74) is 8.06. The van der Waals surface area contributed by atoms with E-state index < -0.39 is 7.26 Å². The van der Waals surface area contributed by atoms with Crippen molar-refractivity contribution >= 4 is 57.1 Å². The van der Waals surface area contributed by atoms with Crippen molar-refractivity contribution < 1.29 is 17.9 Å². The molecule has 6 aromatic rings. The van der Waals surface area contributed by atoms with Crippen LogP contribution in [0, 0.1) is 4.37 Å². The van der Waals surface area contributed by atoms with E-state index in [1.165, 1.54) is 44.4 Å². The van der Waals surface area contributed by atoms with Crippen LogP contribution in [0.1, 0.15) is 44.2 Å². The van der Waals surface area contributed by atoms with E-state index in [0.29, 0.717) is 0 Å². The summed E-state index contributed by atoms with van der Waals surface area (Å²) in [6.07, 6.45) is 20.7. The Morgan fingerprint density at radius 3 is 1.64 bits per heavy atom. The molecule has 0 radical (unpaired) electrons. The Bertz CT molecular complexity index is 2270. The molecular formula is C46H39N2OsP+. The van der Waals surface area contributed by atoms with Gasteiger partial charge < -0.3 is 0 Å². The van der Waals surface area contributed by atoms with E-state index in [1.807, 2.05) is 43.3 Å². The van der Waals surface area contributed by atoms with Crippen molar-refractivity contribution in [1.82, 2.24) is 9.97 Å². The molecule has 7 rings (SSSR count). The number of hydrogen-bond donors (Lipinski definition) is 0. The standard InChI is InChI=1S/C46H39N2P.Os/c1-4-16-35-29-40-27-28-41-30-36(33-48-46(41)45(40)47-32-35)25-26-38(31-39-18-15-17-37(39)5-2)34(3)49(42-19-9-6-10-20-42,43-21-11-7-12-22-43)44-23-13-8-14-24-44;/h4-14,16,19-33H,15,17-18H2,1-2H3;/q+1;/b16-4+,26-25+,37-5?,38-34?,39-31?;. The van der Waals surface area contributed by atoms with Crippen LogP contribution in [0.25, 0.3) is 34.0 Å². The SMILES string of the molecule is CC=C1CCCC1=CC(/C=C/c1cnc2c(ccc3cc(/C=C/C)cnc32)c1)=C([C]#[Os])[P+](c1ccccc1)(c1ccccc1)c1ccccc1. The van der Waals surface area contributed by atoms with E-state index in [1.54, 1.807) is 0 Å². The molecule has 4 heteroatoms. The van der Waals surface area contributed by atoms with Crippen LogP contribution < -0.4 is 15.9 Å². The molecule has 2 nitrogen and oxygen atoms in total. The predicted molar refractivity (Wildman–Crippen MR) is 213 cm³/mol. The van der Waals surface area contributed by atoms with Crippen LogP contribution in [0.5, 0.6) is 0 Å². The van der Waals surface area contributed by atoms with Gasteiger partial charge in [-0.05, 0) is 12.5 Å². The fraction of sp³-hybridized carbons (Fsp3) is 0.109. The molecule has 50 heavy (non-hydrogen) atoms. The van der Waals surface area contributed by atoms with Crippen LogP contribution in [0.4, 0.5) is 0 Å². The van der Waals surface area contributed by atoms with Gasteiger partial charge in [-0.1, -0.05) is 12.2 Å². The van der Waals surface area contributed by atoms with E-state index in [0.717, 1.165) is 45.8 Å². The van der Waals surface area contributed by atoms with Gasteiger partial charge in [-0.25, -0.2) is 0 Å². The van der Waals surface area contributed by atoms with Crippen LogP contribution in [-0.2, 0) is 17.9 Å². The molecule has 0 spiro atoms. The van der Waals surface area contributed by atoms with E-state index in [9.17, 15) is 0 Å². The molecule has 1 aliphatic rings. The Morgan fingerprint density at radius 2 is 1.16 bits per heavy atom. The first-order valence-corrected chi connectivity index (χ1v) is 20.2. The normalized spacial score (nSPS) is 15.8. The zero-order valence-electron chi connectivity index (χ0n) is 28.4. The molecule has 0 N–H and O–H groups in total. The zero-order valence-corrected chi connectivity index (χ0v) is 31.8. The second kappa shape index (κ2) is 15.4. The summed E-state index contributed by atoms with van der Waals surface area (Å²) in [4.78, 5) is 9.76. The molecule has 0 aliphatic heterocycles. The Hall–Kier alpha value is -4.75. The number of fused-ring (bicyclic) bond motifs is 3. The quantitative estimate of drug-likeness (QED) is 0.0867. The van der Waals surface area contributed by atoms with Gasteiger partial charge in [-0.3, -0.25) is 0 Å². The molecule has 1 saturated carbocycles. The van der Waals surface area contributed by atoms with Crippen molar-refractivity contribution in [3.8, 4) is 4.37 Å². The van der Waals surface area contributed by atoms with Gasteiger partial charge in [-0.15, -0.1) is 0 Å². The van der Waals surface area contributed by atoms with Crippen LogP contribution in [0.15, 0.2) is 174 Å². The first-order valence-electron chi connectivity index (χ1n) is 17.2. The van der Waals surface area contributed by atoms with Crippen LogP contribution in [0.2, 0.25) is 0 Å². The van der Waals surface area contributed by atoms with Crippen LogP contribution in [0.3, 0.4) is 0 Å². The summed E-state index contributed by atoms with van der Waals surface area (Å²) >= 11 is 1.83. The third kappa shape index (κ3) is 6.59. The average molecular weight is 841 g/mol. The van der Waals surface area contributed by atoms with Gasteiger partial charge >= 0.3 is 283 Å². The van der Waals surface area contributed by atoms with Crippen molar-refractivity contribution in [3.05, 3.63) is 185 Å². The number of nitrogens with zero attached hydrogens (tertiary/aromatic N) is 2. The maximum atomic E-state index is 4.97. The molecular weight excluding hydrogens is 802 g/mol. The monoisotopic (exact) mass is 842 g/mol. The van der Waals surface area contributed by atoms with Crippen LogP contribution in [-0.4, -0.2) is 9.97 Å². The first-order chi connectivity index (χ1) is 24.6. The van der Waals surface area contributed by atoms with E-state index in [4.69, 9.17) is 9.97 Å². The Balaban J connectivity index is 1.47. The van der Waals surface area contributed by atoms with Gasteiger partial charge in [0.15, 0.2) is 0 Å². The van der Waals surface area contributed by atoms with Crippen molar-refractivity contribution in [2.75, 3.05) is 0 Å². The summed E-state index contributed by atoms with van der Waals surface area (Å²) in [5.74, 6) is 0. The molecule has 0 atom stereocenters. The van der Waals surface area contributed by atoms with Gasteiger partial charge in [-0.2, -0.15) is 0 Å². The van der Waals surface area contributed by atoms with Crippen LogP contribution >= 0.6 is 7.26 Å². The van der Waals surface area contributed by atoms with E-state index in [-0.39, 0.29) is 0 Å². The van der Waals surface area contributed by atoms with Crippen molar-refractivity contribution in [1.29, 1.82) is 0 Å². The summed E-state index contributed by atoms with van der Waals surface area (Å²) in [7, 11) is -2.37. The third-order valence-corrected chi connectivity index (χ3v) is 14.9. The van der Waals surface area contributed by atoms with E-state index >= 15 is 0 Å². The topological polar surface area (TPSA) is 25.8 Å². The fourth-order valence-electron chi connectivity index (χ4n) is 7.15. The summed E-state index contributed by atoms with van der Waals surface area (Å²) in [5, 5.41) is 7.37. The minimum atomic E-state index is -2.37. The number of hydrogen-bond acceptors (Lipinski definition) is 2. The summed E-state index contributed by atoms with van der Waals surface area (Å²) < 4.78 is 3.86. The first kappa shape index (κ1) is 33.7. The molecule has 0 unspecified atom stereocenters. The van der Waals surface area contributed by atoms with Gasteiger partial charge in [0.2, 0.25) is 0 Å². The molecule has 245 valence electrons. The van der Waals surface area contributed by atoms with Gasteiger partial charge in [0.25, 0.3) is 0 Å². The number of rotatable bonds is 8. The van der Waals surface area contributed by atoms with Gasteiger partial charge in [0.1, 0.15) is 0 Å². The molecule has 0 saturated heterocycles. The van der Waals surface area contributed by atoms with Crippen molar-refractivity contribution in [3.63, 3.8) is 0 Å². The minimum absolute atomic E-state index is 0.924. The third-order valence-electron chi connectivity index (χ3n) is 9.46. The Labute approximate surface area is 306 Å². The fourth-order valence-corrected chi connectivity index (χ4v) is 13.0. The van der Waals surface area contributed by atoms with Gasteiger partial charge in [0, 0.05) is 0 Å². The molecule has 0 bridgehead atoms. The number of allylic oxidation sites excluding steroid dienone is 8. The Kier molecular flexibility index (Phi) is 10.4. The number of pyridine rings is 2. The molecule has 1 aliphatic carbocycles. The maximum absolute atomic E-state index is 4.97. The molecule has 2 aromatic heterocycles. The zero-order chi connectivity index (χ0) is 34.3. The average Bonchev–Trinajstić information content (AvgIpc) is 3.63. The second-order valence-electron chi connectivity index (χ2n) is 12.5. The van der Waals surface area contributed by atoms with Gasteiger partial charge in [0.05, 0.1) is 0 Å². The summed E-state index contributed by atoms with van der Waals surface area (Å²) in [6.45, 7) is 4.20. The molecule has 1 fully saturated rings. The molecule has 2 heterocycles. The summed E-state index contributed by atoms with van der Waals surface area (Å²) in [6, 6.07) is 42.0. The number of benzene rings is 4. The Morgan fingerprint density at radius 1 is 0.660 bits per heavy atom.